The molecule has 3 heterocycles. The first-order valence-electron chi connectivity index (χ1n) is 6.99. The number of aliphatic hydroxyl groups is 2. The topological polar surface area (TPSA) is 85.5 Å². The second-order valence-corrected chi connectivity index (χ2v) is 5.37. The number of H-pyrrole nitrogens is 1. The highest BCUT2D eigenvalue weighted by molar-refractivity contribution is 5.79. The number of nitrogens with zero attached hydrogens (tertiary/aromatic N) is 2. The zero-order valence-electron chi connectivity index (χ0n) is 11.9. The van der Waals surface area contributed by atoms with Crippen LogP contribution in [0.15, 0.2) is 58.7 Å². The van der Waals surface area contributed by atoms with Crippen LogP contribution in [0.5, 0.6) is 0 Å². The lowest BCUT2D eigenvalue weighted by Crippen LogP contribution is -2.34. The Kier molecular flexibility index (Phi) is 2.74. The smallest absolute Gasteiger partial charge is 0.186 e. The summed E-state index contributed by atoms with van der Waals surface area (Å²) in [5.74, 6) is 0.636. The molecule has 0 aliphatic carbocycles. The number of aliphatic hydroxyl groups excluding tert-OH is 2. The average molecular weight is 297 g/mol. The van der Waals surface area contributed by atoms with E-state index in [9.17, 15) is 10.2 Å². The maximum absolute atomic E-state index is 10.4. The highest BCUT2D eigenvalue weighted by Gasteiger charge is 2.40. The molecule has 1 aliphatic rings. The van der Waals surface area contributed by atoms with Gasteiger partial charge in [-0.1, -0.05) is 0 Å². The minimum Gasteiger partial charge on any atom is -0.507 e. The minimum atomic E-state index is -1.10. The van der Waals surface area contributed by atoms with Crippen LogP contribution in [0.25, 0.3) is 11.0 Å². The Balaban J connectivity index is 1.84. The van der Waals surface area contributed by atoms with E-state index in [1.54, 1.807) is 30.5 Å². The first-order chi connectivity index (χ1) is 10.7. The molecule has 0 saturated heterocycles. The van der Waals surface area contributed by atoms with E-state index in [1.165, 1.54) is 0 Å². The Morgan fingerprint density at radius 2 is 2.18 bits per heavy atom. The quantitative estimate of drug-likeness (QED) is 0.677. The van der Waals surface area contributed by atoms with Gasteiger partial charge in [-0.05, 0) is 42.8 Å². The number of aromatic amines is 1. The largest absolute Gasteiger partial charge is 0.507 e. The third-order valence-corrected chi connectivity index (χ3v) is 4.12. The Morgan fingerprint density at radius 1 is 1.32 bits per heavy atom. The van der Waals surface area contributed by atoms with Crippen LogP contribution in [-0.2, 0) is 0 Å². The number of nitrogens with one attached hydrogen (secondary N) is 1. The van der Waals surface area contributed by atoms with Gasteiger partial charge < -0.3 is 24.5 Å². The van der Waals surface area contributed by atoms with E-state index >= 15 is 0 Å². The third-order valence-electron chi connectivity index (χ3n) is 4.12. The van der Waals surface area contributed by atoms with E-state index in [0.717, 1.165) is 16.7 Å². The van der Waals surface area contributed by atoms with Crippen molar-refractivity contribution in [3.05, 3.63) is 60.0 Å². The van der Waals surface area contributed by atoms with E-state index in [0.29, 0.717) is 11.3 Å². The molecular formula is C16H15N3O3. The molecule has 112 valence electrons. The fourth-order valence-corrected chi connectivity index (χ4v) is 3.00. The highest BCUT2D eigenvalue weighted by Crippen LogP contribution is 2.42. The number of imidazole rings is 1. The number of furan rings is 1. The van der Waals surface area contributed by atoms with Gasteiger partial charge in [0.1, 0.15) is 17.6 Å². The summed E-state index contributed by atoms with van der Waals surface area (Å²) >= 11 is 0. The molecule has 22 heavy (non-hydrogen) atoms. The van der Waals surface area contributed by atoms with Crippen molar-refractivity contribution < 1.29 is 14.6 Å². The van der Waals surface area contributed by atoms with Crippen molar-refractivity contribution in [2.24, 2.45) is 0 Å². The van der Waals surface area contributed by atoms with Crippen LogP contribution in [0, 0.1) is 0 Å². The van der Waals surface area contributed by atoms with Gasteiger partial charge in [-0.3, -0.25) is 0 Å². The summed E-state index contributed by atoms with van der Waals surface area (Å²) in [4.78, 5) is 8.97. The summed E-state index contributed by atoms with van der Waals surface area (Å²) in [5, 5.41) is 20.6. The fraction of sp³-hybridized carbons (Fsp3) is 0.188. The van der Waals surface area contributed by atoms with Gasteiger partial charge in [-0.2, -0.15) is 0 Å². The van der Waals surface area contributed by atoms with Crippen LogP contribution in [0.1, 0.15) is 18.7 Å². The van der Waals surface area contributed by atoms with E-state index in [4.69, 9.17) is 4.42 Å². The first kappa shape index (κ1) is 13.0. The molecule has 4 rings (SSSR count). The second-order valence-electron chi connectivity index (χ2n) is 5.37. The lowest BCUT2D eigenvalue weighted by atomic mass is 10.1. The van der Waals surface area contributed by atoms with Gasteiger partial charge in [0.05, 0.1) is 23.6 Å². The molecule has 0 radical (unpaired) electrons. The zero-order chi connectivity index (χ0) is 15.3. The Bertz CT molecular complexity index is 851. The van der Waals surface area contributed by atoms with Crippen molar-refractivity contribution >= 4 is 16.7 Å². The molecule has 2 aromatic heterocycles. The summed E-state index contributed by atoms with van der Waals surface area (Å²) in [6.45, 7) is 1.79. The summed E-state index contributed by atoms with van der Waals surface area (Å²) in [5.41, 5.74) is 3.16. The van der Waals surface area contributed by atoms with E-state index in [1.807, 2.05) is 24.3 Å². The van der Waals surface area contributed by atoms with E-state index < -0.39 is 6.23 Å². The molecule has 6 nitrogen and oxygen atoms in total. The van der Waals surface area contributed by atoms with Crippen molar-refractivity contribution in [1.29, 1.82) is 0 Å². The number of aromatic nitrogens is 2. The molecule has 1 aliphatic heterocycles. The van der Waals surface area contributed by atoms with Gasteiger partial charge >= 0.3 is 0 Å². The summed E-state index contributed by atoms with van der Waals surface area (Å²) < 4.78 is 5.49. The van der Waals surface area contributed by atoms with Gasteiger partial charge in [-0.25, -0.2) is 4.98 Å². The van der Waals surface area contributed by atoms with Gasteiger partial charge in [0.15, 0.2) is 6.23 Å². The Hall–Kier alpha value is -2.73. The van der Waals surface area contributed by atoms with Crippen LogP contribution in [-0.4, -0.2) is 26.4 Å². The van der Waals surface area contributed by atoms with Crippen molar-refractivity contribution in [1.82, 2.24) is 9.97 Å². The molecule has 1 aromatic carbocycles. The lowest BCUT2D eigenvalue weighted by Gasteiger charge is -2.29. The Morgan fingerprint density at radius 3 is 2.95 bits per heavy atom. The predicted octanol–water partition coefficient (Wildman–Crippen LogP) is 2.87. The van der Waals surface area contributed by atoms with Crippen molar-refractivity contribution in [2.75, 3.05) is 4.90 Å². The van der Waals surface area contributed by atoms with Crippen molar-refractivity contribution in [2.45, 2.75) is 19.2 Å². The van der Waals surface area contributed by atoms with Crippen LogP contribution in [0.2, 0.25) is 0 Å². The van der Waals surface area contributed by atoms with Gasteiger partial charge in [-0.15, -0.1) is 0 Å². The van der Waals surface area contributed by atoms with Crippen molar-refractivity contribution in [3.63, 3.8) is 0 Å². The number of hydrogen-bond donors (Lipinski definition) is 3. The number of benzene rings is 1. The SMILES string of the molecule is CC1=C(O)C(O)N(c2ccc3nc[nH]c3c2)C1c1ccco1. The first-order valence-corrected chi connectivity index (χ1v) is 6.99. The molecule has 0 saturated carbocycles. The number of hydrogen-bond acceptors (Lipinski definition) is 5. The molecule has 3 aromatic rings. The highest BCUT2D eigenvalue weighted by atomic mass is 16.3. The molecule has 0 bridgehead atoms. The number of fused-ring (bicyclic) bond motifs is 1. The number of rotatable bonds is 2. The predicted molar refractivity (Wildman–Crippen MR) is 81.4 cm³/mol. The fourth-order valence-electron chi connectivity index (χ4n) is 3.00. The van der Waals surface area contributed by atoms with E-state index in [2.05, 4.69) is 9.97 Å². The monoisotopic (exact) mass is 297 g/mol. The molecule has 0 fully saturated rings. The molecule has 0 spiro atoms. The summed E-state index contributed by atoms with van der Waals surface area (Å²) in [6.07, 6.45) is 2.11. The molecule has 6 heteroatoms. The van der Waals surface area contributed by atoms with E-state index in [-0.39, 0.29) is 11.8 Å². The maximum atomic E-state index is 10.4. The van der Waals surface area contributed by atoms with Crippen LogP contribution < -0.4 is 4.90 Å². The summed E-state index contributed by atoms with van der Waals surface area (Å²) in [6, 6.07) is 8.92. The number of anilines is 1. The Labute approximate surface area is 126 Å². The third kappa shape index (κ3) is 1.74. The standard InChI is InChI=1S/C16H15N3O3/c1-9-14(13-3-2-6-22-13)19(16(21)15(9)20)10-4-5-11-12(7-10)18-8-17-11/h2-8,14,16,20-21H,1H3,(H,17,18). The summed E-state index contributed by atoms with van der Waals surface area (Å²) in [7, 11) is 0. The molecule has 0 amide bonds. The van der Waals surface area contributed by atoms with Crippen LogP contribution in [0.3, 0.4) is 0 Å². The minimum absolute atomic E-state index is 0.0360. The molecule has 2 atom stereocenters. The van der Waals surface area contributed by atoms with Crippen LogP contribution in [0.4, 0.5) is 5.69 Å². The molecular weight excluding hydrogens is 282 g/mol. The van der Waals surface area contributed by atoms with Crippen LogP contribution >= 0.6 is 0 Å². The normalized spacial score (nSPS) is 22.0. The zero-order valence-corrected chi connectivity index (χ0v) is 11.9. The van der Waals surface area contributed by atoms with Crippen molar-refractivity contribution in [3.8, 4) is 0 Å². The molecule has 3 N–H and O–H groups in total. The van der Waals surface area contributed by atoms with Gasteiger partial charge in [0.25, 0.3) is 0 Å². The molecule has 2 unspecified atom stereocenters. The van der Waals surface area contributed by atoms with Gasteiger partial charge in [0.2, 0.25) is 0 Å². The maximum Gasteiger partial charge on any atom is 0.186 e. The lowest BCUT2D eigenvalue weighted by molar-refractivity contribution is 0.156. The van der Waals surface area contributed by atoms with Gasteiger partial charge in [0, 0.05) is 5.69 Å². The average Bonchev–Trinajstić information content (AvgIpc) is 3.23. The second kappa shape index (κ2) is 4.64.